The Bertz CT molecular complexity index is 889. The van der Waals surface area contributed by atoms with Crippen molar-refractivity contribution in [3.63, 3.8) is 0 Å². The summed E-state index contributed by atoms with van der Waals surface area (Å²) < 4.78 is 5.34. The van der Waals surface area contributed by atoms with Crippen molar-refractivity contribution in [3.8, 4) is 11.6 Å². The van der Waals surface area contributed by atoms with E-state index in [0.29, 0.717) is 24.2 Å². The first-order valence-electron chi connectivity index (χ1n) is 9.21. The molecule has 3 aromatic rings. The quantitative estimate of drug-likeness (QED) is 0.700. The van der Waals surface area contributed by atoms with Gasteiger partial charge in [-0.3, -0.25) is 9.69 Å². The van der Waals surface area contributed by atoms with Crippen LogP contribution >= 0.6 is 11.3 Å². The number of hydrogen-bond donors (Lipinski definition) is 1. The second-order valence-electron chi connectivity index (χ2n) is 6.58. The molecule has 1 N–H and O–H groups in total. The van der Waals surface area contributed by atoms with Crippen molar-refractivity contribution in [2.45, 2.75) is 32.4 Å². The SMILES string of the molecule is CCNC(=O)c1ccc([C@@H]2CCCN2Cc2cnc(-c3ccco3)nc2)s1. The molecule has 4 rings (SSSR count). The zero-order valence-corrected chi connectivity index (χ0v) is 16.0. The lowest BCUT2D eigenvalue weighted by Crippen LogP contribution is -2.22. The molecule has 1 fully saturated rings. The lowest BCUT2D eigenvalue weighted by atomic mass is 10.1. The summed E-state index contributed by atoms with van der Waals surface area (Å²) in [6.45, 7) is 4.43. The summed E-state index contributed by atoms with van der Waals surface area (Å²) in [4.78, 5) is 25.4. The van der Waals surface area contributed by atoms with Crippen molar-refractivity contribution in [2.75, 3.05) is 13.1 Å². The van der Waals surface area contributed by atoms with E-state index in [1.54, 1.807) is 17.6 Å². The Morgan fingerprint density at radius 3 is 2.93 bits per heavy atom. The second-order valence-corrected chi connectivity index (χ2v) is 7.70. The molecule has 0 spiro atoms. The summed E-state index contributed by atoms with van der Waals surface area (Å²) in [7, 11) is 0. The molecule has 0 aromatic carbocycles. The topological polar surface area (TPSA) is 71.3 Å². The van der Waals surface area contributed by atoms with Gasteiger partial charge in [-0.25, -0.2) is 9.97 Å². The average Bonchev–Trinajstić information content (AvgIpc) is 3.44. The number of nitrogens with one attached hydrogen (secondary N) is 1. The van der Waals surface area contributed by atoms with E-state index in [0.717, 1.165) is 36.4 Å². The third-order valence-electron chi connectivity index (χ3n) is 4.71. The molecule has 0 unspecified atom stereocenters. The smallest absolute Gasteiger partial charge is 0.261 e. The zero-order chi connectivity index (χ0) is 18.6. The molecule has 27 heavy (non-hydrogen) atoms. The molecule has 0 saturated carbocycles. The Kier molecular flexibility index (Phi) is 5.31. The second kappa shape index (κ2) is 8.02. The highest BCUT2D eigenvalue weighted by Gasteiger charge is 2.28. The largest absolute Gasteiger partial charge is 0.461 e. The summed E-state index contributed by atoms with van der Waals surface area (Å²) >= 11 is 1.60. The monoisotopic (exact) mass is 382 g/mol. The molecular weight excluding hydrogens is 360 g/mol. The molecule has 1 aliphatic rings. The van der Waals surface area contributed by atoms with Crippen LogP contribution in [0.4, 0.5) is 0 Å². The van der Waals surface area contributed by atoms with Gasteiger partial charge in [0.25, 0.3) is 5.91 Å². The van der Waals surface area contributed by atoms with Crippen LogP contribution in [0, 0.1) is 0 Å². The number of rotatable bonds is 6. The van der Waals surface area contributed by atoms with Crippen LogP contribution in [0.15, 0.2) is 47.3 Å². The van der Waals surface area contributed by atoms with Gasteiger partial charge in [0.2, 0.25) is 0 Å². The van der Waals surface area contributed by atoms with Gasteiger partial charge >= 0.3 is 0 Å². The van der Waals surface area contributed by atoms with Crippen molar-refractivity contribution in [1.29, 1.82) is 0 Å². The highest BCUT2D eigenvalue weighted by Crippen LogP contribution is 2.36. The van der Waals surface area contributed by atoms with Gasteiger partial charge in [-0.1, -0.05) is 0 Å². The van der Waals surface area contributed by atoms with Crippen molar-refractivity contribution in [1.82, 2.24) is 20.2 Å². The van der Waals surface area contributed by atoms with Gasteiger partial charge in [-0.2, -0.15) is 0 Å². The normalized spacial score (nSPS) is 17.3. The lowest BCUT2D eigenvalue weighted by molar-refractivity contribution is 0.0960. The van der Waals surface area contributed by atoms with Crippen molar-refractivity contribution >= 4 is 17.2 Å². The van der Waals surface area contributed by atoms with E-state index in [-0.39, 0.29) is 5.91 Å². The minimum absolute atomic E-state index is 0.0141. The number of likely N-dealkylation sites (tertiary alicyclic amines) is 1. The van der Waals surface area contributed by atoms with E-state index in [4.69, 9.17) is 4.42 Å². The molecule has 140 valence electrons. The Balaban J connectivity index is 1.45. The molecule has 1 atom stereocenters. The Labute approximate surface area is 162 Å². The van der Waals surface area contributed by atoms with E-state index in [2.05, 4.69) is 26.3 Å². The zero-order valence-electron chi connectivity index (χ0n) is 15.2. The molecular formula is C20H22N4O2S. The summed E-state index contributed by atoms with van der Waals surface area (Å²) in [5, 5.41) is 2.87. The molecule has 6 nitrogen and oxygen atoms in total. The van der Waals surface area contributed by atoms with Gasteiger partial charge in [0.05, 0.1) is 11.1 Å². The number of amides is 1. The Morgan fingerprint density at radius 2 is 2.19 bits per heavy atom. The Morgan fingerprint density at radius 1 is 1.33 bits per heavy atom. The first kappa shape index (κ1) is 17.9. The van der Waals surface area contributed by atoms with Gasteiger partial charge in [-0.05, 0) is 50.6 Å². The summed E-state index contributed by atoms with van der Waals surface area (Å²) in [5.41, 5.74) is 1.08. The summed E-state index contributed by atoms with van der Waals surface area (Å²) in [5.74, 6) is 1.30. The van der Waals surface area contributed by atoms with Crippen LogP contribution in [0.3, 0.4) is 0 Å². The number of nitrogens with zero attached hydrogens (tertiary/aromatic N) is 3. The third kappa shape index (κ3) is 3.94. The van der Waals surface area contributed by atoms with Crippen LogP contribution in [0.25, 0.3) is 11.6 Å². The van der Waals surface area contributed by atoms with E-state index in [9.17, 15) is 4.79 Å². The predicted molar refractivity (Wildman–Crippen MR) is 104 cm³/mol. The Hall–Kier alpha value is -2.51. The van der Waals surface area contributed by atoms with E-state index in [1.165, 1.54) is 4.88 Å². The van der Waals surface area contributed by atoms with Gasteiger partial charge in [0.15, 0.2) is 11.6 Å². The predicted octanol–water partition coefficient (Wildman–Crippen LogP) is 3.88. The van der Waals surface area contributed by atoms with Crippen LogP contribution in [0.5, 0.6) is 0 Å². The number of hydrogen-bond acceptors (Lipinski definition) is 6. The van der Waals surface area contributed by atoms with Crippen LogP contribution < -0.4 is 5.32 Å². The maximum absolute atomic E-state index is 12.0. The number of thiophene rings is 1. The standard InChI is InChI=1S/C20H22N4O2S/c1-2-21-20(25)18-8-7-17(27-18)15-5-3-9-24(15)13-14-11-22-19(23-12-14)16-6-4-10-26-16/h4,6-8,10-12,15H,2-3,5,9,13H2,1H3,(H,21,25)/t15-/m0/s1. The van der Waals surface area contributed by atoms with E-state index in [1.807, 2.05) is 37.5 Å². The van der Waals surface area contributed by atoms with Gasteiger partial charge in [0, 0.05) is 42.0 Å². The first-order chi connectivity index (χ1) is 13.2. The average molecular weight is 382 g/mol. The molecule has 1 aliphatic heterocycles. The van der Waals surface area contributed by atoms with E-state index >= 15 is 0 Å². The maximum atomic E-state index is 12.0. The highest BCUT2D eigenvalue weighted by molar-refractivity contribution is 7.14. The lowest BCUT2D eigenvalue weighted by Gasteiger charge is -2.23. The molecule has 0 bridgehead atoms. The molecule has 0 radical (unpaired) electrons. The van der Waals surface area contributed by atoms with Crippen LogP contribution in [0.1, 0.15) is 45.9 Å². The summed E-state index contributed by atoms with van der Waals surface area (Å²) in [6, 6.07) is 8.06. The van der Waals surface area contributed by atoms with Gasteiger partial charge < -0.3 is 9.73 Å². The fourth-order valence-corrected chi connectivity index (χ4v) is 4.54. The molecule has 3 aromatic heterocycles. The fraction of sp³-hybridized carbons (Fsp3) is 0.350. The minimum Gasteiger partial charge on any atom is -0.461 e. The number of carbonyl (C=O) groups excluding carboxylic acids is 1. The maximum Gasteiger partial charge on any atom is 0.261 e. The molecule has 1 saturated heterocycles. The number of carbonyl (C=O) groups is 1. The van der Waals surface area contributed by atoms with Crippen LogP contribution in [-0.2, 0) is 6.54 Å². The summed E-state index contributed by atoms with van der Waals surface area (Å²) in [6.07, 6.45) is 7.63. The number of aromatic nitrogens is 2. The van der Waals surface area contributed by atoms with Crippen molar-refractivity contribution in [2.24, 2.45) is 0 Å². The molecule has 7 heteroatoms. The van der Waals surface area contributed by atoms with E-state index < -0.39 is 0 Å². The van der Waals surface area contributed by atoms with Gasteiger partial charge in [0.1, 0.15) is 0 Å². The molecule has 4 heterocycles. The number of furan rings is 1. The highest BCUT2D eigenvalue weighted by atomic mass is 32.1. The van der Waals surface area contributed by atoms with Crippen LogP contribution in [-0.4, -0.2) is 33.9 Å². The van der Waals surface area contributed by atoms with Crippen molar-refractivity contribution in [3.05, 3.63) is 58.2 Å². The first-order valence-corrected chi connectivity index (χ1v) is 10.0. The van der Waals surface area contributed by atoms with Gasteiger partial charge in [-0.15, -0.1) is 11.3 Å². The van der Waals surface area contributed by atoms with Crippen molar-refractivity contribution < 1.29 is 9.21 Å². The third-order valence-corrected chi connectivity index (χ3v) is 5.90. The fourth-order valence-electron chi connectivity index (χ4n) is 3.44. The molecule has 1 amide bonds. The molecule has 0 aliphatic carbocycles. The minimum atomic E-state index is 0.0141. The van der Waals surface area contributed by atoms with Crippen LogP contribution in [0.2, 0.25) is 0 Å².